The zero-order valence-electron chi connectivity index (χ0n) is 17.0. The van der Waals surface area contributed by atoms with Gasteiger partial charge in [0.05, 0.1) is 34.8 Å². The molecular formula is C21H25FN4O4S. The van der Waals surface area contributed by atoms with Crippen molar-refractivity contribution in [3.05, 3.63) is 41.3 Å². The molecule has 2 aromatic rings. The van der Waals surface area contributed by atoms with Crippen LogP contribution in [0.15, 0.2) is 24.3 Å². The number of pyridine rings is 1. The summed E-state index contributed by atoms with van der Waals surface area (Å²) in [6.07, 6.45) is 1.79. The van der Waals surface area contributed by atoms with Gasteiger partial charge in [0.1, 0.15) is 5.82 Å². The van der Waals surface area contributed by atoms with Gasteiger partial charge in [0.15, 0.2) is 9.84 Å². The first-order chi connectivity index (χ1) is 14.7. The number of nitrogens with one attached hydrogen (secondary N) is 1. The highest BCUT2D eigenvalue weighted by Gasteiger charge is 2.30. The maximum Gasteiger partial charge on any atom is 0.250 e. The summed E-state index contributed by atoms with van der Waals surface area (Å²) in [4.78, 5) is 30.9. The predicted molar refractivity (Wildman–Crippen MR) is 114 cm³/mol. The van der Waals surface area contributed by atoms with Crippen molar-refractivity contribution in [3.8, 4) is 0 Å². The first kappa shape index (κ1) is 21.6. The smallest absolute Gasteiger partial charge is 0.250 e. The van der Waals surface area contributed by atoms with E-state index in [0.29, 0.717) is 48.9 Å². The molecule has 0 unspecified atom stereocenters. The molecule has 31 heavy (non-hydrogen) atoms. The van der Waals surface area contributed by atoms with E-state index in [2.05, 4.69) is 10.3 Å². The molecule has 0 radical (unpaired) electrons. The van der Waals surface area contributed by atoms with E-state index >= 15 is 0 Å². The first-order valence-corrected chi connectivity index (χ1v) is 12.2. The highest BCUT2D eigenvalue weighted by molar-refractivity contribution is 7.91. The molecule has 3 N–H and O–H groups in total. The van der Waals surface area contributed by atoms with Crippen molar-refractivity contribution in [2.75, 3.05) is 31.1 Å². The molecule has 2 aliphatic heterocycles. The Hall–Kier alpha value is -2.59. The number of carbonyl (C=O) groups is 2. The molecule has 2 saturated heterocycles. The molecule has 2 amide bonds. The number of primary amides is 1. The highest BCUT2D eigenvalue weighted by Crippen LogP contribution is 2.31. The van der Waals surface area contributed by atoms with Crippen molar-refractivity contribution in [2.24, 2.45) is 5.73 Å². The number of sulfone groups is 1. The third-order valence-corrected chi connectivity index (χ3v) is 7.85. The molecule has 1 aromatic carbocycles. The zero-order valence-corrected chi connectivity index (χ0v) is 17.8. The fourth-order valence-corrected chi connectivity index (χ4v) is 6.08. The SMILES string of the molecule is NC(=O)c1cc2cc(F)ccc2nc1C1CCN(C(=O)CN[C@H]2CCS(=O)(=O)C2)CC1. The number of nitrogens with zero attached hydrogens (tertiary/aromatic N) is 2. The van der Waals surface area contributed by atoms with Gasteiger partial charge in [-0.25, -0.2) is 12.8 Å². The van der Waals surface area contributed by atoms with Gasteiger partial charge in [0.25, 0.3) is 5.91 Å². The largest absolute Gasteiger partial charge is 0.366 e. The van der Waals surface area contributed by atoms with E-state index in [1.807, 2.05) is 0 Å². The Balaban J connectivity index is 1.40. The predicted octanol–water partition coefficient (Wildman–Crippen LogP) is 0.955. The summed E-state index contributed by atoms with van der Waals surface area (Å²) in [6, 6.07) is 5.64. The Labute approximate surface area is 179 Å². The molecule has 2 aliphatic rings. The molecule has 1 atom stereocenters. The molecule has 4 rings (SSSR count). The van der Waals surface area contributed by atoms with E-state index in [1.54, 1.807) is 17.0 Å². The minimum Gasteiger partial charge on any atom is -0.366 e. The number of carbonyl (C=O) groups excluding carboxylic acids is 2. The van der Waals surface area contributed by atoms with Crippen molar-refractivity contribution >= 4 is 32.6 Å². The van der Waals surface area contributed by atoms with Crippen LogP contribution in [0.4, 0.5) is 4.39 Å². The van der Waals surface area contributed by atoms with Crippen LogP contribution in [-0.2, 0) is 14.6 Å². The van der Waals surface area contributed by atoms with Crippen molar-refractivity contribution in [3.63, 3.8) is 0 Å². The summed E-state index contributed by atoms with van der Waals surface area (Å²) in [6.45, 7) is 1.13. The first-order valence-electron chi connectivity index (χ1n) is 10.3. The molecule has 0 spiro atoms. The van der Waals surface area contributed by atoms with Crippen LogP contribution >= 0.6 is 0 Å². The normalized spacial score (nSPS) is 21.5. The number of halogens is 1. The highest BCUT2D eigenvalue weighted by atomic mass is 32.2. The quantitative estimate of drug-likeness (QED) is 0.702. The second kappa shape index (κ2) is 8.51. The second-order valence-electron chi connectivity index (χ2n) is 8.26. The molecule has 166 valence electrons. The zero-order chi connectivity index (χ0) is 22.2. The number of amides is 2. The number of fused-ring (bicyclic) bond motifs is 1. The average molecular weight is 449 g/mol. The summed E-state index contributed by atoms with van der Waals surface area (Å²) in [5.41, 5.74) is 7.02. The van der Waals surface area contributed by atoms with E-state index < -0.39 is 21.6 Å². The number of benzene rings is 1. The third kappa shape index (κ3) is 4.85. The fourth-order valence-electron chi connectivity index (χ4n) is 4.37. The van der Waals surface area contributed by atoms with E-state index in [9.17, 15) is 22.4 Å². The lowest BCUT2D eigenvalue weighted by Crippen LogP contribution is -2.45. The van der Waals surface area contributed by atoms with Gasteiger partial charge in [-0.1, -0.05) is 0 Å². The van der Waals surface area contributed by atoms with Crippen molar-refractivity contribution in [1.82, 2.24) is 15.2 Å². The molecular weight excluding hydrogens is 423 g/mol. The van der Waals surface area contributed by atoms with Crippen molar-refractivity contribution in [1.29, 1.82) is 0 Å². The van der Waals surface area contributed by atoms with Gasteiger partial charge in [-0.15, -0.1) is 0 Å². The molecule has 0 bridgehead atoms. The van der Waals surface area contributed by atoms with E-state index in [1.165, 1.54) is 12.1 Å². The van der Waals surface area contributed by atoms with E-state index in [4.69, 9.17) is 5.73 Å². The second-order valence-corrected chi connectivity index (χ2v) is 10.5. The Morgan fingerprint density at radius 1 is 1.19 bits per heavy atom. The lowest BCUT2D eigenvalue weighted by atomic mass is 9.89. The lowest BCUT2D eigenvalue weighted by molar-refractivity contribution is -0.131. The van der Waals surface area contributed by atoms with Gasteiger partial charge in [0.2, 0.25) is 5.91 Å². The summed E-state index contributed by atoms with van der Waals surface area (Å²) in [5.74, 6) is -0.877. The van der Waals surface area contributed by atoms with Crippen LogP contribution in [0.2, 0.25) is 0 Å². The minimum absolute atomic E-state index is 0.0334. The van der Waals surface area contributed by atoms with Gasteiger partial charge in [-0.2, -0.15) is 0 Å². The number of nitrogens with two attached hydrogens (primary N) is 1. The Morgan fingerprint density at radius 3 is 2.58 bits per heavy atom. The molecule has 3 heterocycles. The Bertz CT molecular complexity index is 1130. The average Bonchev–Trinajstić information content (AvgIpc) is 3.09. The van der Waals surface area contributed by atoms with E-state index in [0.717, 1.165) is 0 Å². The molecule has 10 heteroatoms. The van der Waals surface area contributed by atoms with Crippen LogP contribution in [0, 0.1) is 5.82 Å². The number of rotatable bonds is 5. The molecule has 0 saturated carbocycles. The van der Waals surface area contributed by atoms with Crippen LogP contribution in [-0.4, -0.2) is 67.3 Å². The van der Waals surface area contributed by atoms with Crippen molar-refractivity contribution in [2.45, 2.75) is 31.2 Å². The number of aromatic nitrogens is 1. The number of likely N-dealkylation sites (tertiary alicyclic amines) is 1. The van der Waals surface area contributed by atoms with E-state index in [-0.39, 0.29) is 41.5 Å². The minimum atomic E-state index is -2.99. The number of piperidine rings is 1. The van der Waals surface area contributed by atoms with Gasteiger partial charge in [-0.3, -0.25) is 14.6 Å². The van der Waals surface area contributed by atoms with Gasteiger partial charge >= 0.3 is 0 Å². The third-order valence-electron chi connectivity index (χ3n) is 6.08. The summed E-state index contributed by atoms with van der Waals surface area (Å²) < 4.78 is 36.6. The summed E-state index contributed by atoms with van der Waals surface area (Å²) in [5, 5.41) is 3.57. The molecule has 2 fully saturated rings. The van der Waals surface area contributed by atoms with Gasteiger partial charge < -0.3 is 16.0 Å². The maximum absolute atomic E-state index is 13.5. The van der Waals surface area contributed by atoms with Crippen LogP contribution in [0.5, 0.6) is 0 Å². The lowest BCUT2D eigenvalue weighted by Gasteiger charge is -2.32. The summed E-state index contributed by atoms with van der Waals surface area (Å²) >= 11 is 0. The standard InChI is InChI=1S/C21H25FN4O4S/c22-15-1-2-18-14(9-15)10-17(21(23)28)20(25-18)13-3-6-26(7-4-13)19(27)11-24-16-5-8-31(29,30)12-16/h1-2,9-10,13,16,24H,3-8,11-12H2,(H2,23,28)/t16-/m0/s1. The van der Waals surface area contributed by atoms with Crippen LogP contribution in [0.25, 0.3) is 10.9 Å². The number of hydrogen-bond acceptors (Lipinski definition) is 6. The van der Waals surface area contributed by atoms with Crippen LogP contribution in [0.3, 0.4) is 0 Å². The van der Waals surface area contributed by atoms with Gasteiger partial charge in [-0.05, 0) is 43.5 Å². The summed E-state index contributed by atoms with van der Waals surface area (Å²) in [7, 11) is -2.99. The van der Waals surface area contributed by atoms with Gasteiger partial charge in [0, 0.05) is 30.4 Å². The van der Waals surface area contributed by atoms with Crippen LogP contribution in [0.1, 0.15) is 41.2 Å². The molecule has 1 aromatic heterocycles. The van der Waals surface area contributed by atoms with Crippen LogP contribution < -0.4 is 11.1 Å². The fraction of sp³-hybridized carbons (Fsp3) is 0.476. The maximum atomic E-state index is 13.5. The van der Waals surface area contributed by atoms with Crippen molar-refractivity contribution < 1.29 is 22.4 Å². The topological polar surface area (TPSA) is 122 Å². The monoisotopic (exact) mass is 448 g/mol. The molecule has 0 aliphatic carbocycles. The Morgan fingerprint density at radius 2 is 1.94 bits per heavy atom. The molecule has 8 nitrogen and oxygen atoms in total. The Kier molecular flexibility index (Phi) is 5.94. The number of hydrogen-bond donors (Lipinski definition) is 2.